The zero-order chi connectivity index (χ0) is 15.1. The molecule has 0 unspecified atom stereocenters. The summed E-state index contributed by atoms with van der Waals surface area (Å²) in [4.78, 5) is 10.6. The lowest BCUT2D eigenvalue weighted by atomic mass is 10.1. The van der Waals surface area contributed by atoms with Crippen molar-refractivity contribution >= 4 is 28.7 Å². The molecule has 0 atom stereocenters. The van der Waals surface area contributed by atoms with Crippen molar-refractivity contribution in [2.45, 2.75) is 6.73 Å². The van der Waals surface area contributed by atoms with Crippen LogP contribution in [-0.4, -0.2) is 18.0 Å². The molecule has 1 amide bonds. The fourth-order valence-corrected chi connectivity index (χ4v) is 2.93. The summed E-state index contributed by atoms with van der Waals surface area (Å²) < 4.78 is 8.03. The van der Waals surface area contributed by atoms with E-state index < -0.39 is 0 Å². The summed E-state index contributed by atoms with van der Waals surface area (Å²) in [5.41, 5.74) is 5.11. The molecule has 2 aromatic carbocycles. The number of benzene rings is 2. The van der Waals surface area contributed by atoms with E-state index in [2.05, 4.69) is 27.3 Å². The smallest absolute Gasteiger partial charge is 0.211 e. The molecule has 2 heterocycles. The molecule has 110 valence electrons. The van der Waals surface area contributed by atoms with Gasteiger partial charge in [-0.1, -0.05) is 0 Å². The van der Waals surface area contributed by atoms with Crippen LogP contribution in [0.3, 0.4) is 0 Å². The highest BCUT2D eigenvalue weighted by molar-refractivity contribution is 5.92. The van der Waals surface area contributed by atoms with Gasteiger partial charge in [-0.05, 0) is 36.4 Å². The summed E-state index contributed by atoms with van der Waals surface area (Å²) in [5, 5.41) is 6.89. The lowest BCUT2D eigenvalue weighted by Gasteiger charge is -2.21. The molecule has 3 aromatic rings. The van der Waals surface area contributed by atoms with E-state index in [0.29, 0.717) is 13.1 Å². The van der Waals surface area contributed by atoms with Crippen LogP contribution in [0.25, 0.3) is 22.2 Å². The third kappa shape index (κ3) is 1.83. The molecule has 2 N–H and O–H groups in total. The van der Waals surface area contributed by atoms with E-state index in [-0.39, 0.29) is 0 Å². The van der Waals surface area contributed by atoms with Crippen molar-refractivity contribution in [3.63, 3.8) is 0 Å². The minimum absolute atomic E-state index is 0.486. The monoisotopic (exact) mass is 293 g/mol. The van der Waals surface area contributed by atoms with Gasteiger partial charge >= 0.3 is 0 Å². The zero-order valence-corrected chi connectivity index (χ0v) is 12.1. The largest absolute Gasteiger partial charge is 0.472 e. The summed E-state index contributed by atoms with van der Waals surface area (Å²) in [6.07, 6.45) is 0.689. The Balaban J connectivity index is 1.89. The summed E-state index contributed by atoms with van der Waals surface area (Å²) in [7, 11) is 1.89. The third-order valence-electron chi connectivity index (χ3n) is 4.02. The van der Waals surface area contributed by atoms with Crippen LogP contribution < -0.4 is 15.4 Å². The maximum atomic E-state index is 10.6. The van der Waals surface area contributed by atoms with Gasteiger partial charge in [-0.25, -0.2) is 0 Å². The van der Waals surface area contributed by atoms with E-state index in [1.54, 1.807) is 0 Å². The van der Waals surface area contributed by atoms with Gasteiger partial charge in [-0.15, -0.1) is 0 Å². The summed E-state index contributed by atoms with van der Waals surface area (Å²) in [6, 6.07) is 14.1. The van der Waals surface area contributed by atoms with E-state index in [1.807, 2.05) is 37.4 Å². The molecule has 0 saturated heterocycles. The quantitative estimate of drug-likeness (QED) is 0.729. The summed E-state index contributed by atoms with van der Waals surface area (Å²) in [6.45, 7) is 0.486. The first-order valence-corrected chi connectivity index (χ1v) is 7.08. The van der Waals surface area contributed by atoms with Crippen molar-refractivity contribution < 1.29 is 9.53 Å². The maximum absolute atomic E-state index is 10.6. The van der Waals surface area contributed by atoms with Gasteiger partial charge in [0, 0.05) is 35.4 Å². The van der Waals surface area contributed by atoms with Crippen molar-refractivity contribution in [1.82, 2.24) is 4.57 Å². The number of nitrogens with zero attached hydrogens (tertiary/aromatic N) is 1. The predicted octanol–water partition coefficient (Wildman–Crippen LogP) is 3.27. The van der Waals surface area contributed by atoms with E-state index in [4.69, 9.17) is 4.74 Å². The topological polar surface area (TPSA) is 55.3 Å². The summed E-state index contributed by atoms with van der Waals surface area (Å²) in [5.74, 6) is 0.883. The Morgan fingerprint density at radius 3 is 2.82 bits per heavy atom. The van der Waals surface area contributed by atoms with Crippen LogP contribution in [0.15, 0.2) is 42.5 Å². The number of nitrogens with one attached hydrogen (secondary N) is 2. The highest BCUT2D eigenvalue weighted by Crippen LogP contribution is 2.39. The molecule has 0 fully saturated rings. The van der Waals surface area contributed by atoms with E-state index >= 15 is 0 Å². The lowest BCUT2D eigenvalue weighted by molar-refractivity contribution is -0.105. The number of rotatable bonds is 3. The Morgan fingerprint density at radius 2 is 2.00 bits per heavy atom. The standard InChI is InChI=1S/C17H15N3O2/c1-18-12-2-4-14-16-7-11-6-13(19-9-21)3-5-15(11)20(16)10-22-17(14)8-12/h2-9,18H,10H2,1H3,(H,19,21). The molecule has 0 spiro atoms. The fourth-order valence-electron chi connectivity index (χ4n) is 2.93. The van der Waals surface area contributed by atoms with Crippen LogP contribution in [0.2, 0.25) is 0 Å². The number of carbonyl (C=O) groups is 1. The first kappa shape index (κ1) is 12.8. The van der Waals surface area contributed by atoms with E-state index in [0.717, 1.165) is 39.3 Å². The van der Waals surface area contributed by atoms with Crippen LogP contribution >= 0.6 is 0 Å². The van der Waals surface area contributed by atoms with Crippen molar-refractivity contribution in [2.75, 3.05) is 17.7 Å². The number of hydrogen-bond acceptors (Lipinski definition) is 3. The molecule has 0 bridgehead atoms. The van der Waals surface area contributed by atoms with Gasteiger partial charge in [0.2, 0.25) is 6.41 Å². The number of ether oxygens (including phenoxy) is 1. The van der Waals surface area contributed by atoms with Crippen LogP contribution in [0, 0.1) is 0 Å². The number of carbonyl (C=O) groups excluding carboxylic acids is 1. The van der Waals surface area contributed by atoms with Crippen molar-refractivity contribution in [3.05, 3.63) is 42.5 Å². The van der Waals surface area contributed by atoms with Crippen LogP contribution in [-0.2, 0) is 11.5 Å². The lowest BCUT2D eigenvalue weighted by Crippen LogP contribution is -2.12. The first-order chi connectivity index (χ1) is 10.8. The van der Waals surface area contributed by atoms with Crippen LogP contribution in [0.4, 0.5) is 11.4 Å². The molecule has 0 radical (unpaired) electrons. The number of amides is 1. The average molecular weight is 293 g/mol. The molecule has 5 heteroatoms. The SMILES string of the molecule is CNc1ccc2c(c1)OCn1c-2cc2cc(NC=O)ccc21. The Morgan fingerprint density at radius 1 is 1.14 bits per heavy atom. The molecule has 1 aromatic heterocycles. The van der Waals surface area contributed by atoms with E-state index in [9.17, 15) is 4.79 Å². The molecule has 0 aliphatic carbocycles. The molecule has 1 aliphatic rings. The van der Waals surface area contributed by atoms with Crippen molar-refractivity contribution in [1.29, 1.82) is 0 Å². The highest BCUT2D eigenvalue weighted by atomic mass is 16.5. The highest BCUT2D eigenvalue weighted by Gasteiger charge is 2.20. The molecular formula is C17H15N3O2. The van der Waals surface area contributed by atoms with Crippen molar-refractivity contribution in [2.24, 2.45) is 0 Å². The maximum Gasteiger partial charge on any atom is 0.211 e. The van der Waals surface area contributed by atoms with Gasteiger partial charge < -0.3 is 19.9 Å². The second-order valence-corrected chi connectivity index (χ2v) is 5.23. The average Bonchev–Trinajstić information content (AvgIpc) is 2.92. The second kappa shape index (κ2) is 4.80. The number of hydrogen-bond donors (Lipinski definition) is 2. The van der Waals surface area contributed by atoms with E-state index in [1.165, 1.54) is 0 Å². The minimum Gasteiger partial charge on any atom is -0.472 e. The minimum atomic E-state index is 0.486. The van der Waals surface area contributed by atoms with Gasteiger partial charge in [-0.3, -0.25) is 4.79 Å². The molecular weight excluding hydrogens is 278 g/mol. The van der Waals surface area contributed by atoms with Gasteiger partial charge in [0.15, 0.2) is 6.73 Å². The molecule has 22 heavy (non-hydrogen) atoms. The molecule has 0 saturated carbocycles. The molecule has 4 rings (SSSR count). The van der Waals surface area contributed by atoms with Gasteiger partial charge in [0.25, 0.3) is 0 Å². The third-order valence-corrected chi connectivity index (χ3v) is 4.02. The Kier molecular flexibility index (Phi) is 2.79. The second-order valence-electron chi connectivity index (χ2n) is 5.23. The van der Waals surface area contributed by atoms with Crippen molar-refractivity contribution in [3.8, 4) is 17.0 Å². The zero-order valence-electron chi connectivity index (χ0n) is 12.1. The van der Waals surface area contributed by atoms with Crippen LogP contribution in [0.5, 0.6) is 5.75 Å². The van der Waals surface area contributed by atoms with Gasteiger partial charge in [0.05, 0.1) is 11.2 Å². The molecule has 5 nitrogen and oxygen atoms in total. The normalized spacial score (nSPS) is 12.2. The van der Waals surface area contributed by atoms with Crippen LogP contribution in [0.1, 0.15) is 0 Å². The first-order valence-electron chi connectivity index (χ1n) is 7.08. The number of anilines is 2. The number of aromatic nitrogens is 1. The van der Waals surface area contributed by atoms with Gasteiger partial charge in [-0.2, -0.15) is 0 Å². The fraction of sp³-hybridized carbons (Fsp3) is 0.118. The Hall–Kier alpha value is -2.95. The molecule has 1 aliphatic heterocycles. The predicted molar refractivity (Wildman–Crippen MR) is 87.2 cm³/mol. The Labute approximate surface area is 127 Å². The summed E-state index contributed by atoms with van der Waals surface area (Å²) >= 11 is 0. The Bertz CT molecular complexity index is 883. The number of fused-ring (bicyclic) bond motifs is 5. The van der Waals surface area contributed by atoms with Gasteiger partial charge in [0.1, 0.15) is 5.75 Å².